The fraction of sp³-hybridized carbons (Fsp3) is 0.375. The van der Waals surface area contributed by atoms with Crippen LogP contribution in [0.2, 0.25) is 0 Å². The third-order valence-corrected chi connectivity index (χ3v) is 4.05. The van der Waals surface area contributed by atoms with E-state index in [1.807, 2.05) is 0 Å². The monoisotopic (exact) mass is 362 g/mol. The Morgan fingerprint density at radius 2 is 2.15 bits per heavy atom. The molecule has 0 bridgehead atoms. The molecule has 1 aliphatic heterocycles. The summed E-state index contributed by atoms with van der Waals surface area (Å²) in [6.45, 7) is 0.912. The van der Waals surface area contributed by atoms with Crippen LogP contribution < -0.4 is 21.4 Å². The van der Waals surface area contributed by atoms with Crippen molar-refractivity contribution in [2.75, 3.05) is 34.0 Å². The fourth-order valence-electron chi connectivity index (χ4n) is 2.93. The van der Waals surface area contributed by atoms with Crippen LogP contribution in [0.5, 0.6) is 0 Å². The molecule has 0 saturated carbocycles. The van der Waals surface area contributed by atoms with Gasteiger partial charge in [-0.3, -0.25) is 14.4 Å². The van der Waals surface area contributed by atoms with E-state index >= 15 is 0 Å². The predicted molar refractivity (Wildman–Crippen MR) is 89.9 cm³/mol. The number of benzene rings is 1. The standard InChI is InChI=1S/C16H18N4O6/c1-18-15(22)8-3-4-9-12(11(8)10-7-25-5-6-26-10)16(23)20(24-2)14(19-9)13(17)21/h3-4,10H,5-7H2,1-2H3,(H2,17,21)(H,18,22). The van der Waals surface area contributed by atoms with Gasteiger partial charge < -0.3 is 25.4 Å². The van der Waals surface area contributed by atoms with E-state index < -0.39 is 23.5 Å². The van der Waals surface area contributed by atoms with Crippen LogP contribution in [0.15, 0.2) is 16.9 Å². The summed E-state index contributed by atoms with van der Waals surface area (Å²) in [5.74, 6) is -1.65. The van der Waals surface area contributed by atoms with Gasteiger partial charge in [0.15, 0.2) is 0 Å². The topological polar surface area (TPSA) is 135 Å². The summed E-state index contributed by atoms with van der Waals surface area (Å²) >= 11 is 0. The number of nitrogens with two attached hydrogens (primary N) is 1. The Bertz CT molecular complexity index is 932. The van der Waals surface area contributed by atoms with Crippen LogP contribution in [0.3, 0.4) is 0 Å². The molecule has 138 valence electrons. The van der Waals surface area contributed by atoms with Gasteiger partial charge in [-0.15, -0.1) is 4.73 Å². The first-order valence-corrected chi connectivity index (χ1v) is 7.85. The molecule has 2 amide bonds. The molecule has 1 aromatic carbocycles. The normalized spacial score (nSPS) is 17.1. The summed E-state index contributed by atoms with van der Waals surface area (Å²) in [6, 6.07) is 2.99. The van der Waals surface area contributed by atoms with Crippen LogP contribution in [0.4, 0.5) is 0 Å². The average Bonchev–Trinajstić information content (AvgIpc) is 2.66. The van der Waals surface area contributed by atoms with Gasteiger partial charge >= 0.3 is 0 Å². The lowest BCUT2D eigenvalue weighted by atomic mass is 9.96. The summed E-state index contributed by atoms with van der Waals surface area (Å²) in [6.07, 6.45) is -0.640. The van der Waals surface area contributed by atoms with Crippen molar-refractivity contribution in [1.29, 1.82) is 0 Å². The summed E-state index contributed by atoms with van der Waals surface area (Å²) in [4.78, 5) is 46.0. The van der Waals surface area contributed by atoms with Gasteiger partial charge in [0.05, 0.1) is 30.7 Å². The second-order valence-corrected chi connectivity index (χ2v) is 5.52. The zero-order chi connectivity index (χ0) is 18.8. The van der Waals surface area contributed by atoms with E-state index in [9.17, 15) is 14.4 Å². The molecular formula is C16H18N4O6. The van der Waals surface area contributed by atoms with Crippen molar-refractivity contribution in [3.8, 4) is 0 Å². The van der Waals surface area contributed by atoms with Crippen molar-refractivity contribution in [1.82, 2.24) is 15.0 Å². The van der Waals surface area contributed by atoms with E-state index in [1.54, 1.807) is 0 Å². The number of carbonyl (C=O) groups excluding carboxylic acids is 2. The van der Waals surface area contributed by atoms with Crippen molar-refractivity contribution in [2.45, 2.75) is 6.10 Å². The Morgan fingerprint density at radius 1 is 1.38 bits per heavy atom. The van der Waals surface area contributed by atoms with Crippen molar-refractivity contribution in [3.63, 3.8) is 0 Å². The zero-order valence-corrected chi connectivity index (χ0v) is 14.3. The lowest BCUT2D eigenvalue weighted by molar-refractivity contribution is -0.0897. The second kappa shape index (κ2) is 7.10. The minimum absolute atomic E-state index is 0.105. The van der Waals surface area contributed by atoms with Gasteiger partial charge in [0, 0.05) is 18.2 Å². The third-order valence-electron chi connectivity index (χ3n) is 4.05. The lowest BCUT2D eigenvalue weighted by Crippen LogP contribution is -2.36. The van der Waals surface area contributed by atoms with Gasteiger partial charge in [-0.2, -0.15) is 0 Å². The highest BCUT2D eigenvalue weighted by atomic mass is 16.7. The lowest BCUT2D eigenvalue weighted by Gasteiger charge is -2.26. The number of hydrogen-bond acceptors (Lipinski definition) is 7. The van der Waals surface area contributed by atoms with Crippen molar-refractivity contribution in [2.24, 2.45) is 5.73 Å². The first kappa shape index (κ1) is 17.8. The molecule has 10 nitrogen and oxygen atoms in total. The quantitative estimate of drug-likeness (QED) is 0.712. The molecule has 26 heavy (non-hydrogen) atoms. The van der Waals surface area contributed by atoms with Gasteiger partial charge in [0.25, 0.3) is 17.4 Å². The molecule has 1 aromatic heterocycles. The Labute approximate surface area is 147 Å². The van der Waals surface area contributed by atoms with E-state index in [1.165, 1.54) is 26.3 Å². The van der Waals surface area contributed by atoms with E-state index in [0.29, 0.717) is 23.5 Å². The van der Waals surface area contributed by atoms with Crippen molar-refractivity contribution < 1.29 is 23.9 Å². The van der Waals surface area contributed by atoms with Crippen LogP contribution >= 0.6 is 0 Å². The highest BCUT2D eigenvalue weighted by Crippen LogP contribution is 2.29. The maximum Gasteiger partial charge on any atom is 0.295 e. The van der Waals surface area contributed by atoms with Gasteiger partial charge in [-0.05, 0) is 12.1 Å². The van der Waals surface area contributed by atoms with Crippen molar-refractivity contribution in [3.05, 3.63) is 39.4 Å². The second-order valence-electron chi connectivity index (χ2n) is 5.52. The number of nitrogens with one attached hydrogen (secondary N) is 1. The molecule has 0 spiro atoms. The molecule has 3 N–H and O–H groups in total. The van der Waals surface area contributed by atoms with Crippen molar-refractivity contribution >= 4 is 22.7 Å². The van der Waals surface area contributed by atoms with Gasteiger partial charge in [-0.25, -0.2) is 4.98 Å². The highest BCUT2D eigenvalue weighted by molar-refractivity contribution is 6.01. The van der Waals surface area contributed by atoms with E-state index in [4.69, 9.17) is 20.0 Å². The molecule has 0 radical (unpaired) electrons. The van der Waals surface area contributed by atoms with Crippen LogP contribution in [0.25, 0.3) is 10.9 Å². The molecule has 1 unspecified atom stereocenters. The molecular weight excluding hydrogens is 344 g/mol. The molecule has 1 aliphatic rings. The number of fused-ring (bicyclic) bond motifs is 1. The van der Waals surface area contributed by atoms with Crippen LogP contribution in [-0.4, -0.2) is 55.5 Å². The predicted octanol–water partition coefficient (Wildman–Crippen LogP) is -0.999. The zero-order valence-electron chi connectivity index (χ0n) is 14.3. The molecule has 1 atom stereocenters. The Balaban J connectivity index is 2.39. The molecule has 1 fully saturated rings. The smallest absolute Gasteiger partial charge is 0.295 e. The molecule has 10 heteroatoms. The fourth-order valence-corrected chi connectivity index (χ4v) is 2.93. The Morgan fingerprint density at radius 3 is 2.73 bits per heavy atom. The van der Waals surface area contributed by atoms with E-state index in [2.05, 4.69) is 10.3 Å². The van der Waals surface area contributed by atoms with Gasteiger partial charge in [0.1, 0.15) is 13.2 Å². The van der Waals surface area contributed by atoms with Crippen LogP contribution in [0, 0.1) is 0 Å². The summed E-state index contributed by atoms with van der Waals surface area (Å²) < 4.78 is 11.8. The van der Waals surface area contributed by atoms with Crippen LogP contribution in [-0.2, 0) is 9.47 Å². The van der Waals surface area contributed by atoms with Gasteiger partial charge in [-0.1, -0.05) is 0 Å². The van der Waals surface area contributed by atoms with Gasteiger partial charge in [0.2, 0.25) is 5.82 Å². The van der Waals surface area contributed by atoms with Crippen LogP contribution in [0.1, 0.15) is 32.6 Å². The number of aromatic nitrogens is 2. The average molecular weight is 362 g/mol. The first-order valence-electron chi connectivity index (χ1n) is 7.85. The highest BCUT2D eigenvalue weighted by Gasteiger charge is 2.28. The maximum absolute atomic E-state index is 13.0. The Hall–Kier alpha value is -2.98. The Kier molecular flexibility index (Phi) is 4.87. The number of carbonyl (C=O) groups is 2. The molecule has 3 rings (SSSR count). The summed E-state index contributed by atoms with van der Waals surface area (Å²) in [5.41, 5.74) is 5.41. The number of rotatable bonds is 4. The number of ether oxygens (including phenoxy) is 2. The molecule has 0 aliphatic carbocycles. The molecule has 2 aromatic rings. The van der Waals surface area contributed by atoms with E-state index in [0.717, 1.165) is 0 Å². The first-order chi connectivity index (χ1) is 12.5. The molecule has 2 heterocycles. The number of hydrogen-bond donors (Lipinski definition) is 2. The maximum atomic E-state index is 13.0. The summed E-state index contributed by atoms with van der Waals surface area (Å²) in [7, 11) is 2.69. The number of nitrogens with zero attached hydrogens (tertiary/aromatic N) is 2. The number of primary amides is 1. The SMILES string of the molecule is CNC(=O)c1ccc2nc(C(N)=O)n(OC)c(=O)c2c1C1COCCO1. The summed E-state index contributed by atoms with van der Waals surface area (Å²) in [5, 5.41) is 2.64. The van der Waals surface area contributed by atoms with E-state index in [-0.39, 0.29) is 28.9 Å². The molecule has 1 saturated heterocycles. The number of amides is 2. The third kappa shape index (κ3) is 2.89. The minimum Gasteiger partial charge on any atom is -0.412 e. The largest absolute Gasteiger partial charge is 0.412 e. The minimum atomic E-state index is -0.917.